The smallest absolute Gasteiger partial charge is 0.410 e. The zero-order chi connectivity index (χ0) is 16.3. The zero-order valence-electron chi connectivity index (χ0n) is 13.4. The van der Waals surface area contributed by atoms with Gasteiger partial charge in [0.2, 0.25) is 0 Å². The number of aldehydes is 1. The van der Waals surface area contributed by atoms with Crippen LogP contribution in [-0.2, 0) is 9.53 Å². The number of rotatable bonds is 4. The molecule has 1 atom stereocenters. The molecule has 1 amide bonds. The molecule has 116 valence electrons. The summed E-state index contributed by atoms with van der Waals surface area (Å²) in [5.41, 5.74) is 0.814. The molecule has 0 radical (unpaired) electrons. The highest BCUT2D eigenvalue weighted by molar-refractivity contribution is 5.78. The Morgan fingerprint density at radius 2 is 1.90 bits per heavy atom. The Morgan fingerprint density at radius 1 is 1.33 bits per heavy atom. The highest BCUT2D eigenvalue weighted by Gasteiger charge is 2.40. The molecule has 4 heteroatoms. The largest absolute Gasteiger partial charge is 0.449 e. The van der Waals surface area contributed by atoms with E-state index in [0.29, 0.717) is 19.6 Å². The molecule has 0 N–H and O–H groups in total. The van der Waals surface area contributed by atoms with Crippen molar-refractivity contribution in [2.75, 3.05) is 13.2 Å². The van der Waals surface area contributed by atoms with Gasteiger partial charge < -0.3 is 9.53 Å². The van der Waals surface area contributed by atoms with Gasteiger partial charge in [0.05, 0.1) is 13.2 Å². The van der Waals surface area contributed by atoms with E-state index in [1.165, 1.54) is 4.90 Å². The summed E-state index contributed by atoms with van der Waals surface area (Å²) >= 11 is 0. The van der Waals surface area contributed by atoms with E-state index >= 15 is 0 Å². The molecule has 0 saturated heterocycles. The lowest BCUT2D eigenvalue weighted by atomic mass is 9.85. The van der Waals surface area contributed by atoms with Gasteiger partial charge in [0.1, 0.15) is 11.8 Å². The second-order valence-corrected chi connectivity index (χ2v) is 6.81. The molecule has 0 unspecified atom stereocenters. The molecule has 1 heterocycles. The van der Waals surface area contributed by atoms with Crippen molar-refractivity contribution < 1.29 is 14.3 Å². The minimum absolute atomic E-state index is 0.119. The Bertz CT molecular complexity index is 485. The summed E-state index contributed by atoms with van der Waals surface area (Å²) in [6.07, 6.45) is 4.17. The van der Waals surface area contributed by atoms with Crippen LogP contribution in [0.4, 0.5) is 4.79 Å². The van der Waals surface area contributed by atoms with E-state index in [-0.39, 0.29) is 5.41 Å². The predicted molar refractivity (Wildman–Crippen MR) is 84.0 cm³/mol. The zero-order valence-corrected chi connectivity index (χ0v) is 13.4. The van der Waals surface area contributed by atoms with Crippen LogP contribution in [0, 0.1) is 5.41 Å². The van der Waals surface area contributed by atoms with E-state index in [0.717, 1.165) is 17.4 Å². The van der Waals surface area contributed by atoms with Crippen molar-refractivity contribution in [3.05, 3.63) is 36.5 Å². The second kappa shape index (κ2) is 6.29. The first-order chi connectivity index (χ1) is 9.66. The topological polar surface area (TPSA) is 46.6 Å². The van der Waals surface area contributed by atoms with Crippen LogP contribution in [0.1, 0.15) is 34.1 Å². The van der Waals surface area contributed by atoms with Gasteiger partial charge in [0.15, 0.2) is 0 Å². The second-order valence-electron chi connectivity index (χ2n) is 6.81. The molecule has 1 rings (SSSR count). The molecule has 0 aliphatic carbocycles. The number of ether oxygens (including phenoxy) is 1. The lowest BCUT2D eigenvalue weighted by Gasteiger charge is -2.41. The van der Waals surface area contributed by atoms with Crippen molar-refractivity contribution >= 4 is 12.4 Å². The summed E-state index contributed by atoms with van der Waals surface area (Å²) in [5, 5.41) is 0. The summed E-state index contributed by atoms with van der Waals surface area (Å²) in [6, 6.07) is 0. The average molecular weight is 291 g/mol. The maximum atomic E-state index is 12.3. The normalized spacial score (nSPS) is 22.8. The summed E-state index contributed by atoms with van der Waals surface area (Å²) < 4.78 is 5.35. The van der Waals surface area contributed by atoms with Crippen LogP contribution in [0.15, 0.2) is 36.5 Å². The van der Waals surface area contributed by atoms with Crippen LogP contribution in [0.5, 0.6) is 0 Å². The van der Waals surface area contributed by atoms with Gasteiger partial charge in [-0.15, -0.1) is 0 Å². The molecule has 0 aromatic heterocycles. The SMILES string of the molecule is C=CC1=C(C=C)C[C@@](C)(C=O)N(C(=O)OCC(C)(C)C)C1. The fourth-order valence-corrected chi connectivity index (χ4v) is 2.18. The van der Waals surface area contributed by atoms with E-state index in [2.05, 4.69) is 13.2 Å². The van der Waals surface area contributed by atoms with Crippen LogP contribution >= 0.6 is 0 Å². The Morgan fingerprint density at radius 3 is 2.33 bits per heavy atom. The van der Waals surface area contributed by atoms with E-state index in [9.17, 15) is 9.59 Å². The number of nitrogens with zero attached hydrogens (tertiary/aromatic N) is 1. The van der Waals surface area contributed by atoms with Crippen LogP contribution in [0.3, 0.4) is 0 Å². The van der Waals surface area contributed by atoms with Crippen LogP contribution in [0.25, 0.3) is 0 Å². The molecular formula is C17H25NO3. The molecule has 0 aromatic carbocycles. The number of hydrogen-bond donors (Lipinski definition) is 0. The van der Waals surface area contributed by atoms with Crippen molar-refractivity contribution in [1.82, 2.24) is 4.90 Å². The quantitative estimate of drug-likeness (QED) is 0.745. The van der Waals surface area contributed by atoms with Crippen LogP contribution in [-0.4, -0.2) is 36.0 Å². The maximum absolute atomic E-state index is 12.3. The Balaban J connectivity index is 3.01. The third kappa shape index (κ3) is 4.06. The molecule has 0 saturated carbocycles. The van der Waals surface area contributed by atoms with Crippen molar-refractivity contribution in [3.63, 3.8) is 0 Å². The summed E-state index contributed by atoms with van der Waals surface area (Å²) in [4.78, 5) is 25.3. The van der Waals surface area contributed by atoms with Gasteiger partial charge in [-0.3, -0.25) is 4.90 Å². The summed E-state index contributed by atoms with van der Waals surface area (Å²) in [6.45, 7) is 15.8. The Kier molecular flexibility index (Phi) is 5.15. The van der Waals surface area contributed by atoms with Crippen molar-refractivity contribution in [2.24, 2.45) is 5.41 Å². The van der Waals surface area contributed by atoms with Gasteiger partial charge in [0, 0.05) is 6.42 Å². The first kappa shape index (κ1) is 17.2. The van der Waals surface area contributed by atoms with E-state index in [4.69, 9.17) is 4.74 Å². The van der Waals surface area contributed by atoms with Crippen molar-refractivity contribution in [2.45, 2.75) is 39.7 Å². The fraction of sp³-hybridized carbons (Fsp3) is 0.529. The van der Waals surface area contributed by atoms with E-state index < -0.39 is 11.6 Å². The third-order valence-corrected chi connectivity index (χ3v) is 3.50. The molecule has 4 nitrogen and oxygen atoms in total. The Labute approximate surface area is 127 Å². The van der Waals surface area contributed by atoms with Gasteiger partial charge >= 0.3 is 6.09 Å². The lowest BCUT2D eigenvalue weighted by Crippen LogP contribution is -2.54. The number of hydrogen-bond acceptors (Lipinski definition) is 3. The minimum atomic E-state index is -0.912. The fourth-order valence-electron chi connectivity index (χ4n) is 2.18. The van der Waals surface area contributed by atoms with Gasteiger partial charge in [-0.25, -0.2) is 4.79 Å². The van der Waals surface area contributed by atoms with Gasteiger partial charge in [-0.2, -0.15) is 0 Å². The molecule has 0 fully saturated rings. The average Bonchev–Trinajstić information content (AvgIpc) is 2.43. The Hall–Kier alpha value is -1.84. The summed E-state index contributed by atoms with van der Waals surface area (Å²) in [7, 11) is 0. The molecule has 0 bridgehead atoms. The molecule has 0 spiro atoms. The molecular weight excluding hydrogens is 266 g/mol. The first-order valence-electron chi connectivity index (χ1n) is 7.04. The number of carbonyl (C=O) groups is 2. The van der Waals surface area contributed by atoms with Crippen LogP contribution < -0.4 is 0 Å². The highest BCUT2D eigenvalue weighted by atomic mass is 16.6. The van der Waals surface area contributed by atoms with Crippen molar-refractivity contribution in [1.29, 1.82) is 0 Å². The van der Waals surface area contributed by atoms with Crippen LogP contribution in [0.2, 0.25) is 0 Å². The number of allylic oxidation sites excluding steroid dienone is 1. The third-order valence-electron chi connectivity index (χ3n) is 3.50. The molecule has 21 heavy (non-hydrogen) atoms. The number of carbonyl (C=O) groups excluding carboxylic acids is 2. The molecule has 0 aromatic rings. The summed E-state index contributed by atoms with van der Waals surface area (Å²) in [5.74, 6) is 0. The molecule has 1 aliphatic heterocycles. The van der Waals surface area contributed by atoms with Gasteiger partial charge in [-0.05, 0) is 23.5 Å². The van der Waals surface area contributed by atoms with Gasteiger partial charge in [0.25, 0.3) is 0 Å². The number of amides is 1. The minimum Gasteiger partial charge on any atom is -0.449 e. The van der Waals surface area contributed by atoms with E-state index in [1.807, 2.05) is 20.8 Å². The van der Waals surface area contributed by atoms with Crippen molar-refractivity contribution in [3.8, 4) is 0 Å². The first-order valence-corrected chi connectivity index (χ1v) is 7.04. The maximum Gasteiger partial charge on any atom is 0.410 e. The monoisotopic (exact) mass is 291 g/mol. The standard InChI is InChI=1S/C17H25NO3/c1-7-13-9-17(6,11-19)18(10-14(13)8-2)15(20)21-12-16(3,4)5/h7-8,11H,1-2,9-10,12H2,3-6H3/t17-/m0/s1. The predicted octanol–water partition coefficient (Wildman–Crippen LogP) is 3.50. The molecule has 1 aliphatic rings. The van der Waals surface area contributed by atoms with E-state index in [1.54, 1.807) is 19.1 Å². The highest BCUT2D eigenvalue weighted by Crippen LogP contribution is 2.32. The van der Waals surface area contributed by atoms with Gasteiger partial charge in [-0.1, -0.05) is 46.1 Å². The lowest BCUT2D eigenvalue weighted by molar-refractivity contribution is -0.117.